The molecule has 0 spiro atoms. The minimum absolute atomic E-state index is 0.0250. The molecule has 2 heterocycles. The summed E-state index contributed by atoms with van der Waals surface area (Å²) >= 11 is 0. The van der Waals surface area contributed by atoms with Gasteiger partial charge in [0.15, 0.2) is 5.75 Å². The minimum atomic E-state index is -4.41. The van der Waals surface area contributed by atoms with Gasteiger partial charge in [-0.05, 0) is 6.92 Å². The number of aryl methyl sites for hydroxylation is 1. The van der Waals surface area contributed by atoms with Crippen molar-refractivity contribution in [3.05, 3.63) is 28.1 Å². The maximum atomic E-state index is 11.6. The summed E-state index contributed by atoms with van der Waals surface area (Å²) in [6.45, 7) is 1.50. The molecule has 0 saturated heterocycles. The molecule has 0 fully saturated rings. The van der Waals surface area contributed by atoms with Crippen molar-refractivity contribution in [2.24, 2.45) is 0 Å². The molecule has 0 atom stereocenters. The van der Waals surface area contributed by atoms with E-state index >= 15 is 0 Å². The van der Waals surface area contributed by atoms with Gasteiger partial charge >= 0.3 is 16.0 Å². The Hall–Kier alpha value is -2.22. The van der Waals surface area contributed by atoms with Crippen molar-refractivity contribution >= 4 is 21.4 Å². The largest absolute Gasteiger partial charge is 0.508 e. The first-order chi connectivity index (χ1) is 8.37. The quantitative estimate of drug-likeness (QED) is 0.707. The van der Waals surface area contributed by atoms with Crippen molar-refractivity contribution < 1.29 is 26.3 Å². The van der Waals surface area contributed by atoms with E-state index < -0.39 is 21.8 Å². The monoisotopic (exact) mass is 270 g/mol. The molecule has 3 rings (SSSR count). The van der Waals surface area contributed by atoms with Gasteiger partial charge in [0.25, 0.3) is 0 Å². The summed E-state index contributed by atoms with van der Waals surface area (Å²) in [5.74, 6) is -0.873. The highest BCUT2D eigenvalue weighted by Crippen LogP contribution is 2.38. The van der Waals surface area contributed by atoms with E-state index in [1.54, 1.807) is 0 Å². The molecule has 1 aliphatic rings. The molecule has 1 aliphatic heterocycles. The van der Waals surface area contributed by atoms with Gasteiger partial charge in [-0.3, -0.25) is 0 Å². The molecule has 0 radical (unpaired) electrons. The Morgan fingerprint density at radius 3 is 2.67 bits per heavy atom. The average molecular weight is 270 g/mol. The van der Waals surface area contributed by atoms with E-state index in [-0.39, 0.29) is 28.0 Å². The second kappa shape index (κ2) is 3.16. The zero-order valence-electron chi connectivity index (χ0n) is 8.96. The van der Waals surface area contributed by atoms with Gasteiger partial charge in [0.1, 0.15) is 11.3 Å². The highest BCUT2D eigenvalue weighted by Gasteiger charge is 2.29. The van der Waals surface area contributed by atoms with Gasteiger partial charge in [0, 0.05) is 17.7 Å². The van der Waals surface area contributed by atoms with Gasteiger partial charge in [-0.15, -0.1) is 8.42 Å². The molecule has 2 aromatic rings. The summed E-state index contributed by atoms with van der Waals surface area (Å²) in [7, 11) is -4.41. The van der Waals surface area contributed by atoms with E-state index in [0.29, 0.717) is 0 Å². The lowest BCUT2D eigenvalue weighted by Gasteiger charge is -2.04. The minimum Gasteiger partial charge on any atom is -0.508 e. The fourth-order valence-electron chi connectivity index (χ4n) is 1.83. The zero-order chi connectivity index (χ0) is 13.1. The van der Waals surface area contributed by atoms with Crippen LogP contribution in [-0.2, 0) is 10.4 Å². The maximum Gasteiger partial charge on any atom is 0.501 e. The van der Waals surface area contributed by atoms with Crippen LogP contribution in [-0.4, -0.2) is 13.5 Å². The van der Waals surface area contributed by atoms with E-state index in [0.717, 1.165) is 6.07 Å². The van der Waals surface area contributed by atoms with Crippen molar-refractivity contribution in [3.63, 3.8) is 0 Å². The highest BCUT2D eigenvalue weighted by molar-refractivity contribution is 7.82. The van der Waals surface area contributed by atoms with Crippen LogP contribution < -0.4 is 14.0 Å². The standard InChI is InChI=1S/C10H6O7S/c1-4-8-6-2-5(11)3-7(8)16-18(13,14)17-9(4)10(12)15-6/h2-3,11H,1H3. The van der Waals surface area contributed by atoms with E-state index in [1.165, 1.54) is 13.0 Å². The van der Waals surface area contributed by atoms with E-state index in [1.807, 2.05) is 0 Å². The lowest BCUT2D eigenvalue weighted by atomic mass is 10.1. The van der Waals surface area contributed by atoms with Crippen molar-refractivity contribution in [2.45, 2.75) is 6.92 Å². The number of hydrogen-bond donors (Lipinski definition) is 1. The van der Waals surface area contributed by atoms with Crippen LogP contribution in [0, 0.1) is 6.92 Å². The predicted octanol–water partition coefficient (Wildman–Crippen LogP) is 0.823. The summed E-state index contributed by atoms with van der Waals surface area (Å²) < 4.78 is 37.0. The SMILES string of the molecule is Cc1c2c(=O)oc3cc(O)cc(c13)OS(=O)(=O)O2. The first-order valence-electron chi connectivity index (χ1n) is 4.82. The summed E-state index contributed by atoms with van der Waals surface area (Å²) in [6.07, 6.45) is 0. The molecular formula is C10H6O7S. The molecule has 18 heavy (non-hydrogen) atoms. The van der Waals surface area contributed by atoms with Gasteiger partial charge < -0.3 is 17.9 Å². The van der Waals surface area contributed by atoms with Crippen LogP contribution in [0.5, 0.6) is 17.2 Å². The van der Waals surface area contributed by atoms with Crippen LogP contribution >= 0.6 is 0 Å². The second-order valence-corrected chi connectivity index (χ2v) is 4.89. The average Bonchev–Trinajstić information content (AvgIpc) is 2.29. The van der Waals surface area contributed by atoms with E-state index in [4.69, 9.17) is 4.42 Å². The van der Waals surface area contributed by atoms with Crippen LogP contribution in [0.25, 0.3) is 11.0 Å². The number of phenols is 1. The second-order valence-electron chi connectivity index (χ2n) is 3.74. The number of hydrogen-bond acceptors (Lipinski definition) is 7. The van der Waals surface area contributed by atoms with Gasteiger partial charge in [-0.2, -0.15) is 0 Å². The summed E-state index contributed by atoms with van der Waals surface area (Å²) in [6, 6.07) is 2.30. The Morgan fingerprint density at radius 2 is 1.94 bits per heavy atom. The van der Waals surface area contributed by atoms with E-state index in [2.05, 4.69) is 8.37 Å². The van der Waals surface area contributed by atoms with Gasteiger partial charge in [0.05, 0.1) is 5.39 Å². The maximum absolute atomic E-state index is 11.6. The number of aromatic hydroxyl groups is 1. The first kappa shape index (κ1) is 10.9. The van der Waals surface area contributed by atoms with Crippen LogP contribution in [0.1, 0.15) is 5.56 Å². The molecule has 0 amide bonds. The fourth-order valence-corrected chi connectivity index (χ4v) is 2.61. The summed E-state index contributed by atoms with van der Waals surface area (Å²) in [5, 5.41) is 9.70. The van der Waals surface area contributed by atoms with Crippen LogP contribution in [0.3, 0.4) is 0 Å². The molecular weight excluding hydrogens is 264 g/mol. The van der Waals surface area contributed by atoms with Crippen LogP contribution in [0.4, 0.5) is 0 Å². The highest BCUT2D eigenvalue weighted by atomic mass is 32.3. The predicted molar refractivity (Wildman–Crippen MR) is 59.1 cm³/mol. The zero-order valence-corrected chi connectivity index (χ0v) is 9.78. The Kier molecular flexibility index (Phi) is 1.92. The molecule has 1 N–H and O–H groups in total. The van der Waals surface area contributed by atoms with Crippen LogP contribution in [0.15, 0.2) is 21.3 Å². The molecule has 0 unspecified atom stereocenters. The van der Waals surface area contributed by atoms with Crippen molar-refractivity contribution in [2.75, 3.05) is 0 Å². The number of benzene rings is 1. The lowest BCUT2D eigenvalue weighted by Crippen LogP contribution is -2.18. The normalized spacial score (nSPS) is 16.1. The Balaban J connectivity index is 2.60. The first-order valence-corrected chi connectivity index (χ1v) is 6.15. The number of fused-ring (bicyclic) bond motifs is 1. The van der Waals surface area contributed by atoms with Crippen molar-refractivity contribution in [1.82, 2.24) is 0 Å². The number of rotatable bonds is 0. The number of phenolic OH excluding ortho intramolecular Hbond substituents is 1. The molecule has 0 aliphatic carbocycles. The van der Waals surface area contributed by atoms with Gasteiger partial charge in [0.2, 0.25) is 5.75 Å². The lowest BCUT2D eigenvalue weighted by molar-refractivity contribution is 0.388. The third-order valence-corrected chi connectivity index (χ3v) is 3.29. The summed E-state index contributed by atoms with van der Waals surface area (Å²) in [5.41, 5.74) is -0.653. The van der Waals surface area contributed by atoms with Gasteiger partial charge in [-0.25, -0.2) is 4.79 Å². The Morgan fingerprint density at radius 1 is 1.22 bits per heavy atom. The van der Waals surface area contributed by atoms with Crippen molar-refractivity contribution in [3.8, 4) is 17.2 Å². The molecule has 1 aromatic carbocycles. The molecule has 0 saturated carbocycles. The fraction of sp³-hybridized carbons (Fsp3) is 0.100. The molecule has 2 bridgehead atoms. The Labute approximate surface area is 101 Å². The Bertz CT molecular complexity index is 831. The summed E-state index contributed by atoms with van der Waals surface area (Å²) in [4.78, 5) is 11.6. The topological polar surface area (TPSA) is 103 Å². The molecule has 94 valence electrons. The molecule has 1 aromatic heterocycles. The van der Waals surface area contributed by atoms with E-state index in [9.17, 15) is 18.3 Å². The third-order valence-electron chi connectivity index (χ3n) is 2.53. The molecule has 7 nitrogen and oxygen atoms in total. The smallest absolute Gasteiger partial charge is 0.501 e. The van der Waals surface area contributed by atoms with Crippen molar-refractivity contribution in [1.29, 1.82) is 0 Å². The van der Waals surface area contributed by atoms with Gasteiger partial charge in [-0.1, -0.05) is 0 Å². The molecule has 8 heteroatoms. The third kappa shape index (κ3) is 1.42. The van der Waals surface area contributed by atoms with Crippen LogP contribution in [0.2, 0.25) is 0 Å².